The second-order valence-corrected chi connectivity index (χ2v) is 6.04. The maximum absolute atomic E-state index is 12.2. The van der Waals surface area contributed by atoms with Crippen LogP contribution in [0.5, 0.6) is 5.75 Å². The molecule has 22 heavy (non-hydrogen) atoms. The summed E-state index contributed by atoms with van der Waals surface area (Å²) in [7, 11) is 0. The van der Waals surface area contributed by atoms with Gasteiger partial charge in [0.2, 0.25) is 0 Å². The zero-order chi connectivity index (χ0) is 15.6. The Kier molecular flexibility index (Phi) is 4.59. The molecule has 1 aromatic rings. The van der Waals surface area contributed by atoms with Gasteiger partial charge in [0.05, 0.1) is 0 Å². The summed E-state index contributed by atoms with van der Waals surface area (Å²) in [5.41, 5.74) is 1.10. The van der Waals surface area contributed by atoms with E-state index >= 15 is 0 Å². The lowest BCUT2D eigenvalue weighted by molar-refractivity contribution is -0.274. The molecule has 3 rings (SSSR count). The van der Waals surface area contributed by atoms with Gasteiger partial charge in [0.15, 0.2) is 0 Å². The maximum atomic E-state index is 12.2. The van der Waals surface area contributed by atoms with Gasteiger partial charge in [-0.15, -0.1) is 13.2 Å². The number of nitrogens with one attached hydrogen (secondary N) is 1. The molecule has 1 heterocycles. The highest BCUT2D eigenvalue weighted by Crippen LogP contribution is 2.42. The first kappa shape index (κ1) is 15.6. The van der Waals surface area contributed by atoms with E-state index in [0.29, 0.717) is 12.0 Å². The summed E-state index contributed by atoms with van der Waals surface area (Å²) in [4.78, 5) is 2.46. The molecule has 3 nitrogen and oxygen atoms in total. The number of halogens is 3. The van der Waals surface area contributed by atoms with Gasteiger partial charge >= 0.3 is 6.36 Å². The van der Waals surface area contributed by atoms with E-state index in [2.05, 4.69) is 15.0 Å². The van der Waals surface area contributed by atoms with Gasteiger partial charge in [-0.3, -0.25) is 4.90 Å². The molecule has 1 saturated carbocycles. The normalized spacial score (nSPS) is 22.1. The van der Waals surface area contributed by atoms with E-state index in [0.717, 1.165) is 31.7 Å². The van der Waals surface area contributed by atoms with Gasteiger partial charge in [-0.1, -0.05) is 18.6 Å². The number of piperazine rings is 1. The topological polar surface area (TPSA) is 24.5 Å². The third-order valence-electron chi connectivity index (χ3n) is 4.60. The summed E-state index contributed by atoms with van der Waals surface area (Å²) in [5, 5.41) is 3.34. The molecule has 1 aliphatic carbocycles. The number of hydrogen-bond donors (Lipinski definition) is 1. The Morgan fingerprint density at radius 3 is 2.23 bits per heavy atom. The van der Waals surface area contributed by atoms with Crippen LogP contribution in [0.4, 0.5) is 13.2 Å². The summed E-state index contributed by atoms with van der Waals surface area (Å²) in [5.74, 6) is 0.469. The quantitative estimate of drug-likeness (QED) is 0.922. The summed E-state index contributed by atoms with van der Waals surface area (Å²) < 4.78 is 40.7. The lowest BCUT2D eigenvalue weighted by Crippen LogP contribution is -2.47. The van der Waals surface area contributed by atoms with Crippen molar-refractivity contribution in [3.63, 3.8) is 0 Å². The second-order valence-electron chi connectivity index (χ2n) is 6.04. The van der Waals surface area contributed by atoms with Crippen molar-refractivity contribution >= 4 is 0 Å². The number of hydrogen-bond acceptors (Lipinski definition) is 3. The monoisotopic (exact) mass is 314 g/mol. The molecule has 1 N–H and O–H groups in total. The van der Waals surface area contributed by atoms with E-state index in [1.165, 1.54) is 31.4 Å². The summed E-state index contributed by atoms with van der Waals surface area (Å²) >= 11 is 0. The van der Waals surface area contributed by atoms with Crippen LogP contribution in [-0.4, -0.2) is 37.4 Å². The molecule has 2 aliphatic rings. The van der Waals surface area contributed by atoms with Gasteiger partial charge in [-0.2, -0.15) is 0 Å². The molecular formula is C16H21F3N2O. The third-order valence-corrected chi connectivity index (χ3v) is 4.60. The predicted octanol–water partition coefficient (Wildman–Crippen LogP) is 3.33. The van der Waals surface area contributed by atoms with Crippen molar-refractivity contribution < 1.29 is 17.9 Å². The average Bonchev–Trinajstić information content (AvgIpc) is 2.43. The van der Waals surface area contributed by atoms with E-state index in [1.54, 1.807) is 12.1 Å². The van der Waals surface area contributed by atoms with Crippen LogP contribution in [0.2, 0.25) is 0 Å². The van der Waals surface area contributed by atoms with Crippen LogP contribution in [0, 0.1) is 5.92 Å². The summed E-state index contributed by atoms with van der Waals surface area (Å²) in [6, 6.07) is 6.74. The Balaban J connectivity index is 1.75. The standard InChI is InChI=1S/C16H21F3N2O/c17-16(18,19)22-14-6-4-13(5-7-14)15(12-2-1-3-12)21-10-8-20-9-11-21/h4-7,12,15,20H,1-3,8-11H2/t15-/m1/s1. The van der Waals surface area contributed by atoms with Gasteiger partial charge in [0, 0.05) is 32.2 Å². The van der Waals surface area contributed by atoms with Crippen LogP contribution in [-0.2, 0) is 0 Å². The SMILES string of the molecule is FC(F)(F)Oc1ccc([C@@H](C2CCC2)N2CCNCC2)cc1. The minimum Gasteiger partial charge on any atom is -0.406 e. The first-order valence-corrected chi connectivity index (χ1v) is 7.83. The molecule has 0 bridgehead atoms. The number of ether oxygens (including phenoxy) is 1. The molecule has 2 fully saturated rings. The molecule has 1 aromatic carbocycles. The van der Waals surface area contributed by atoms with Crippen LogP contribution >= 0.6 is 0 Å². The van der Waals surface area contributed by atoms with Crippen molar-refractivity contribution in [2.75, 3.05) is 26.2 Å². The van der Waals surface area contributed by atoms with E-state index in [1.807, 2.05) is 0 Å². The van der Waals surface area contributed by atoms with Crippen LogP contribution < -0.4 is 10.1 Å². The van der Waals surface area contributed by atoms with Crippen LogP contribution in [0.25, 0.3) is 0 Å². The Labute approximate surface area is 128 Å². The highest BCUT2D eigenvalue weighted by Gasteiger charge is 2.34. The summed E-state index contributed by atoms with van der Waals surface area (Å²) in [6.45, 7) is 3.92. The fraction of sp³-hybridized carbons (Fsp3) is 0.625. The van der Waals surface area contributed by atoms with Crippen molar-refractivity contribution in [1.82, 2.24) is 10.2 Å². The van der Waals surface area contributed by atoms with Crippen LogP contribution in [0.3, 0.4) is 0 Å². The molecule has 6 heteroatoms. The highest BCUT2D eigenvalue weighted by atomic mass is 19.4. The number of benzene rings is 1. The smallest absolute Gasteiger partial charge is 0.406 e. The Bertz CT molecular complexity index is 479. The van der Waals surface area contributed by atoms with E-state index in [-0.39, 0.29) is 5.75 Å². The van der Waals surface area contributed by atoms with E-state index in [9.17, 15) is 13.2 Å². The van der Waals surface area contributed by atoms with Gasteiger partial charge in [0.25, 0.3) is 0 Å². The lowest BCUT2D eigenvalue weighted by Gasteiger charge is -2.43. The maximum Gasteiger partial charge on any atom is 0.573 e. The molecule has 0 unspecified atom stereocenters. The van der Waals surface area contributed by atoms with Crippen molar-refractivity contribution in [1.29, 1.82) is 0 Å². The zero-order valence-corrected chi connectivity index (χ0v) is 12.4. The molecule has 0 spiro atoms. The van der Waals surface area contributed by atoms with E-state index in [4.69, 9.17) is 0 Å². The first-order chi connectivity index (χ1) is 10.5. The fourth-order valence-electron chi connectivity index (χ4n) is 3.36. The lowest BCUT2D eigenvalue weighted by atomic mass is 9.76. The van der Waals surface area contributed by atoms with Crippen molar-refractivity contribution in [3.05, 3.63) is 29.8 Å². The van der Waals surface area contributed by atoms with Crippen molar-refractivity contribution in [2.24, 2.45) is 5.92 Å². The third kappa shape index (κ3) is 3.73. The van der Waals surface area contributed by atoms with E-state index < -0.39 is 6.36 Å². The molecule has 122 valence electrons. The van der Waals surface area contributed by atoms with Gasteiger partial charge in [-0.05, 0) is 36.5 Å². The predicted molar refractivity (Wildman–Crippen MR) is 77.6 cm³/mol. The van der Waals surface area contributed by atoms with Crippen LogP contribution in [0.1, 0.15) is 30.9 Å². The number of nitrogens with zero attached hydrogens (tertiary/aromatic N) is 1. The Morgan fingerprint density at radius 1 is 1.09 bits per heavy atom. The van der Waals surface area contributed by atoms with Gasteiger partial charge in [-0.25, -0.2) is 0 Å². The molecule has 1 aliphatic heterocycles. The van der Waals surface area contributed by atoms with Gasteiger partial charge < -0.3 is 10.1 Å². The largest absolute Gasteiger partial charge is 0.573 e. The fourth-order valence-corrected chi connectivity index (χ4v) is 3.36. The molecular weight excluding hydrogens is 293 g/mol. The zero-order valence-electron chi connectivity index (χ0n) is 12.4. The molecule has 0 aromatic heterocycles. The Morgan fingerprint density at radius 2 is 1.73 bits per heavy atom. The molecule has 0 radical (unpaired) electrons. The van der Waals surface area contributed by atoms with Crippen molar-refractivity contribution in [2.45, 2.75) is 31.7 Å². The minimum atomic E-state index is -4.63. The summed E-state index contributed by atoms with van der Waals surface area (Å²) in [6.07, 6.45) is -0.971. The average molecular weight is 314 g/mol. The molecule has 1 atom stereocenters. The second kappa shape index (κ2) is 6.46. The minimum absolute atomic E-state index is 0.149. The molecule has 1 saturated heterocycles. The first-order valence-electron chi connectivity index (χ1n) is 7.83. The number of rotatable bonds is 4. The van der Waals surface area contributed by atoms with Crippen LogP contribution in [0.15, 0.2) is 24.3 Å². The highest BCUT2D eigenvalue weighted by molar-refractivity contribution is 5.30. The van der Waals surface area contributed by atoms with Crippen molar-refractivity contribution in [3.8, 4) is 5.75 Å². The Hall–Kier alpha value is -1.27. The molecule has 0 amide bonds. The number of alkyl halides is 3. The van der Waals surface area contributed by atoms with Gasteiger partial charge in [0.1, 0.15) is 5.75 Å².